The van der Waals surface area contributed by atoms with Gasteiger partial charge in [0.15, 0.2) is 0 Å². The first-order chi connectivity index (χ1) is 9.11. The van der Waals surface area contributed by atoms with Crippen molar-refractivity contribution in [2.75, 3.05) is 31.7 Å². The Labute approximate surface area is 120 Å². The molecule has 0 unspecified atom stereocenters. The Morgan fingerprint density at radius 1 is 1.47 bits per heavy atom. The van der Waals surface area contributed by atoms with E-state index in [2.05, 4.69) is 20.8 Å². The predicted octanol–water partition coefficient (Wildman–Crippen LogP) is 3.22. The third-order valence-corrected chi connectivity index (χ3v) is 3.98. The van der Waals surface area contributed by atoms with Crippen molar-refractivity contribution in [2.45, 2.75) is 12.8 Å². The van der Waals surface area contributed by atoms with Gasteiger partial charge >= 0.3 is 0 Å². The van der Waals surface area contributed by atoms with E-state index in [4.69, 9.17) is 4.74 Å². The van der Waals surface area contributed by atoms with E-state index in [1.165, 1.54) is 0 Å². The molecule has 1 aromatic rings. The number of ether oxygens (including phenoxy) is 1. The predicted molar refractivity (Wildman–Crippen MR) is 77.6 cm³/mol. The molecule has 6 heteroatoms. The molecule has 19 heavy (non-hydrogen) atoms. The second-order valence-corrected chi connectivity index (χ2v) is 5.69. The van der Waals surface area contributed by atoms with Gasteiger partial charge in [-0.3, -0.25) is 10.1 Å². The van der Waals surface area contributed by atoms with Crippen molar-refractivity contribution in [1.82, 2.24) is 0 Å². The lowest BCUT2D eigenvalue weighted by Crippen LogP contribution is -2.35. The topological polar surface area (TPSA) is 55.6 Å². The Bertz CT molecular complexity index is 459. The summed E-state index contributed by atoms with van der Waals surface area (Å²) in [5.74, 6) is 0.562. The Balaban J connectivity index is 2.14. The van der Waals surface area contributed by atoms with Crippen LogP contribution in [-0.2, 0) is 4.74 Å². The maximum Gasteiger partial charge on any atom is 0.292 e. The van der Waals surface area contributed by atoms with Crippen LogP contribution in [0.3, 0.4) is 0 Å². The number of nitro groups is 1. The quantitative estimate of drug-likeness (QED) is 0.629. The number of benzene rings is 1. The SMILES string of the molecule is COCC1CCN(c2cc(Br)ccc2[N+](=O)[O-])CC1. The van der Waals surface area contributed by atoms with Gasteiger partial charge < -0.3 is 9.64 Å². The van der Waals surface area contributed by atoms with Crippen LogP contribution >= 0.6 is 15.9 Å². The van der Waals surface area contributed by atoms with Gasteiger partial charge in [0.1, 0.15) is 5.69 Å². The van der Waals surface area contributed by atoms with Gasteiger partial charge in [-0.05, 0) is 30.9 Å². The molecule has 1 aliphatic heterocycles. The molecule has 0 spiro atoms. The normalized spacial score (nSPS) is 16.6. The summed E-state index contributed by atoms with van der Waals surface area (Å²) < 4.78 is 6.04. The molecule has 0 aromatic heterocycles. The Kier molecular flexibility index (Phi) is 4.76. The fourth-order valence-corrected chi connectivity index (χ4v) is 2.83. The molecule has 5 nitrogen and oxygen atoms in total. The second kappa shape index (κ2) is 6.34. The molecule has 104 valence electrons. The summed E-state index contributed by atoms with van der Waals surface area (Å²) in [5, 5.41) is 11.1. The second-order valence-electron chi connectivity index (χ2n) is 4.78. The fourth-order valence-electron chi connectivity index (χ4n) is 2.48. The minimum atomic E-state index is -0.316. The average Bonchev–Trinajstić information content (AvgIpc) is 2.39. The summed E-state index contributed by atoms with van der Waals surface area (Å²) in [6.45, 7) is 2.45. The van der Waals surface area contributed by atoms with Crippen molar-refractivity contribution < 1.29 is 9.66 Å². The molecule has 0 aliphatic carbocycles. The molecule has 0 N–H and O–H groups in total. The number of halogens is 1. The van der Waals surface area contributed by atoms with Crippen LogP contribution in [0, 0.1) is 16.0 Å². The van der Waals surface area contributed by atoms with Crippen molar-refractivity contribution in [3.05, 3.63) is 32.8 Å². The highest BCUT2D eigenvalue weighted by Crippen LogP contribution is 2.33. The van der Waals surface area contributed by atoms with Crippen molar-refractivity contribution in [1.29, 1.82) is 0 Å². The molecule has 0 amide bonds. The van der Waals surface area contributed by atoms with Gasteiger partial charge in [-0.1, -0.05) is 15.9 Å². The van der Waals surface area contributed by atoms with E-state index in [9.17, 15) is 10.1 Å². The van der Waals surface area contributed by atoms with Gasteiger partial charge in [0, 0.05) is 37.3 Å². The number of hydrogen-bond donors (Lipinski definition) is 0. The van der Waals surface area contributed by atoms with E-state index in [1.54, 1.807) is 19.2 Å². The molecule has 1 fully saturated rings. The number of rotatable bonds is 4. The molecule has 2 rings (SSSR count). The van der Waals surface area contributed by atoms with Crippen LogP contribution < -0.4 is 4.90 Å². The molecule has 0 radical (unpaired) electrons. The van der Waals surface area contributed by atoms with Gasteiger partial charge in [-0.2, -0.15) is 0 Å². The first-order valence-electron chi connectivity index (χ1n) is 6.29. The summed E-state index contributed by atoms with van der Waals surface area (Å²) in [4.78, 5) is 12.9. The molecule has 1 aliphatic rings. The van der Waals surface area contributed by atoms with Crippen molar-refractivity contribution in [3.63, 3.8) is 0 Å². The largest absolute Gasteiger partial charge is 0.384 e. The lowest BCUT2D eigenvalue weighted by atomic mass is 9.97. The lowest BCUT2D eigenvalue weighted by Gasteiger charge is -2.33. The molecule has 1 aromatic carbocycles. The lowest BCUT2D eigenvalue weighted by molar-refractivity contribution is -0.384. The van der Waals surface area contributed by atoms with Crippen molar-refractivity contribution >= 4 is 27.3 Å². The Hall–Kier alpha value is -1.14. The first-order valence-corrected chi connectivity index (χ1v) is 7.09. The van der Waals surface area contributed by atoms with Crippen LogP contribution in [0.2, 0.25) is 0 Å². The number of nitro benzene ring substituents is 1. The molecular formula is C13H17BrN2O3. The number of methoxy groups -OCH3 is 1. The summed E-state index contributed by atoms with van der Waals surface area (Å²) in [6, 6.07) is 5.09. The molecule has 0 saturated carbocycles. The summed E-state index contributed by atoms with van der Waals surface area (Å²) in [7, 11) is 1.71. The molecule has 1 heterocycles. The molecule has 1 saturated heterocycles. The van der Waals surface area contributed by atoms with Gasteiger partial charge in [0.25, 0.3) is 5.69 Å². The van der Waals surface area contributed by atoms with Crippen LogP contribution in [0.1, 0.15) is 12.8 Å². The highest BCUT2D eigenvalue weighted by Gasteiger charge is 2.24. The number of nitrogens with zero attached hydrogens (tertiary/aromatic N) is 2. The maximum atomic E-state index is 11.1. The van der Waals surface area contributed by atoms with E-state index in [-0.39, 0.29) is 10.6 Å². The number of piperidine rings is 1. The molecular weight excluding hydrogens is 312 g/mol. The molecule has 0 atom stereocenters. The zero-order chi connectivity index (χ0) is 13.8. The molecule has 0 bridgehead atoms. The van der Waals surface area contributed by atoms with Crippen LogP contribution in [0.4, 0.5) is 11.4 Å². The standard InChI is InChI=1S/C13H17BrN2O3/c1-19-9-10-4-6-15(7-5-10)13-8-11(14)2-3-12(13)16(17)18/h2-3,8,10H,4-7,9H2,1H3. The van der Waals surface area contributed by atoms with E-state index in [0.717, 1.165) is 37.0 Å². The van der Waals surface area contributed by atoms with E-state index >= 15 is 0 Å². The Morgan fingerprint density at radius 3 is 2.74 bits per heavy atom. The van der Waals surface area contributed by atoms with E-state index in [1.807, 2.05) is 6.07 Å². The van der Waals surface area contributed by atoms with Gasteiger partial charge in [0.05, 0.1) is 4.92 Å². The van der Waals surface area contributed by atoms with Crippen LogP contribution in [0.25, 0.3) is 0 Å². The average molecular weight is 329 g/mol. The minimum Gasteiger partial charge on any atom is -0.384 e. The minimum absolute atomic E-state index is 0.174. The third kappa shape index (κ3) is 3.45. The third-order valence-electron chi connectivity index (χ3n) is 3.49. The Morgan fingerprint density at radius 2 is 2.16 bits per heavy atom. The van der Waals surface area contributed by atoms with Crippen molar-refractivity contribution in [3.8, 4) is 0 Å². The highest BCUT2D eigenvalue weighted by atomic mass is 79.9. The zero-order valence-electron chi connectivity index (χ0n) is 10.8. The van der Waals surface area contributed by atoms with Crippen LogP contribution in [0.5, 0.6) is 0 Å². The first kappa shape index (κ1) is 14.3. The van der Waals surface area contributed by atoms with Gasteiger partial charge in [0.2, 0.25) is 0 Å². The van der Waals surface area contributed by atoms with Gasteiger partial charge in [-0.15, -0.1) is 0 Å². The van der Waals surface area contributed by atoms with Gasteiger partial charge in [-0.25, -0.2) is 0 Å². The van der Waals surface area contributed by atoms with Crippen LogP contribution in [0.15, 0.2) is 22.7 Å². The van der Waals surface area contributed by atoms with E-state index < -0.39 is 0 Å². The highest BCUT2D eigenvalue weighted by molar-refractivity contribution is 9.10. The van der Waals surface area contributed by atoms with Crippen molar-refractivity contribution in [2.24, 2.45) is 5.92 Å². The summed E-state index contributed by atoms with van der Waals surface area (Å²) in [5.41, 5.74) is 0.878. The monoisotopic (exact) mass is 328 g/mol. The smallest absolute Gasteiger partial charge is 0.292 e. The summed E-state index contributed by atoms with van der Waals surface area (Å²) >= 11 is 3.38. The van der Waals surface area contributed by atoms with Crippen LogP contribution in [-0.4, -0.2) is 31.7 Å². The zero-order valence-corrected chi connectivity index (χ0v) is 12.4. The fraction of sp³-hybridized carbons (Fsp3) is 0.538. The maximum absolute atomic E-state index is 11.1. The summed E-state index contributed by atoms with van der Waals surface area (Å²) in [6.07, 6.45) is 2.02. The van der Waals surface area contributed by atoms with E-state index in [0.29, 0.717) is 11.6 Å². The number of hydrogen-bond acceptors (Lipinski definition) is 4. The number of anilines is 1.